The lowest BCUT2D eigenvalue weighted by molar-refractivity contribution is -0.129. The van der Waals surface area contributed by atoms with E-state index in [2.05, 4.69) is 50.5 Å². The summed E-state index contributed by atoms with van der Waals surface area (Å²) in [5, 5.41) is 6.78. The first-order valence-electron chi connectivity index (χ1n) is 18.5. The molecule has 256 valence electrons. The van der Waals surface area contributed by atoms with Crippen molar-refractivity contribution in [2.75, 3.05) is 10.6 Å². The molecule has 0 spiro atoms. The predicted octanol–water partition coefficient (Wildman–Crippen LogP) is 12.9. The SMILES string of the molecule is CC.CCC(CC)CC1(C(=O)Nc2ccccc2SSc2ccccc2NC(=O)C2(CC(CC)CC)CCCCC2)CCCCC1. The number of hydrogen-bond acceptors (Lipinski definition) is 4. The van der Waals surface area contributed by atoms with Crippen LogP contribution < -0.4 is 10.6 Å². The van der Waals surface area contributed by atoms with Crippen LogP contribution in [0.5, 0.6) is 0 Å². The van der Waals surface area contributed by atoms with Crippen LogP contribution in [0.3, 0.4) is 0 Å². The minimum atomic E-state index is -0.264. The lowest BCUT2D eigenvalue weighted by atomic mass is 9.67. The number of anilines is 2. The molecule has 2 aromatic carbocycles. The highest BCUT2D eigenvalue weighted by molar-refractivity contribution is 8.76. The Bertz CT molecular complexity index is 1100. The van der Waals surface area contributed by atoms with Gasteiger partial charge in [-0.25, -0.2) is 0 Å². The Morgan fingerprint density at radius 2 is 0.913 bits per heavy atom. The fraction of sp³-hybridized carbons (Fsp3) is 0.650. The molecule has 0 heterocycles. The average molecular weight is 667 g/mol. The molecule has 0 bridgehead atoms. The maximum Gasteiger partial charge on any atom is 0.230 e. The lowest BCUT2D eigenvalue weighted by Crippen LogP contribution is -2.39. The van der Waals surface area contributed by atoms with Crippen LogP contribution in [-0.2, 0) is 9.59 Å². The number of rotatable bonds is 15. The maximum atomic E-state index is 14.0. The molecule has 2 aliphatic carbocycles. The van der Waals surface area contributed by atoms with Crippen LogP contribution in [0.4, 0.5) is 11.4 Å². The quantitative estimate of drug-likeness (QED) is 0.186. The van der Waals surface area contributed by atoms with Gasteiger partial charge in [-0.15, -0.1) is 0 Å². The van der Waals surface area contributed by atoms with Crippen molar-refractivity contribution in [3.63, 3.8) is 0 Å². The number of para-hydroxylation sites is 2. The molecule has 0 aliphatic heterocycles. The molecular weight excluding hydrogens is 605 g/mol. The van der Waals surface area contributed by atoms with Crippen molar-refractivity contribution in [2.45, 2.75) is 154 Å². The van der Waals surface area contributed by atoms with Gasteiger partial charge in [0.15, 0.2) is 0 Å². The number of benzene rings is 2. The van der Waals surface area contributed by atoms with Gasteiger partial charge < -0.3 is 10.6 Å². The second-order valence-corrected chi connectivity index (χ2v) is 15.7. The number of hydrogen-bond donors (Lipinski definition) is 2. The van der Waals surface area contributed by atoms with Crippen molar-refractivity contribution in [1.29, 1.82) is 0 Å². The highest BCUT2D eigenvalue weighted by atomic mass is 33.1. The van der Waals surface area contributed by atoms with Crippen LogP contribution in [0.25, 0.3) is 0 Å². The molecule has 2 amide bonds. The summed E-state index contributed by atoms with van der Waals surface area (Å²) in [6.07, 6.45) is 17.5. The first-order valence-corrected chi connectivity index (χ1v) is 20.7. The zero-order chi connectivity index (χ0) is 33.4. The summed E-state index contributed by atoms with van der Waals surface area (Å²) in [6, 6.07) is 16.4. The van der Waals surface area contributed by atoms with Gasteiger partial charge in [-0.2, -0.15) is 0 Å². The maximum absolute atomic E-state index is 14.0. The van der Waals surface area contributed by atoms with Crippen molar-refractivity contribution in [3.8, 4) is 0 Å². The molecule has 2 N–H and O–H groups in total. The van der Waals surface area contributed by atoms with E-state index in [1.807, 2.05) is 50.2 Å². The molecule has 0 radical (unpaired) electrons. The van der Waals surface area contributed by atoms with Crippen LogP contribution in [0, 0.1) is 22.7 Å². The number of carbonyl (C=O) groups excluding carboxylic acids is 2. The Morgan fingerprint density at radius 1 is 0.587 bits per heavy atom. The number of amides is 2. The fourth-order valence-electron chi connectivity index (χ4n) is 7.65. The minimum absolute atomic E-state index is 0.199. The first kappa shape index (κ1) is 38.5. The monoisotopic (exact) mass is 666 g/mol. The molecule has 2 aliphatic rings. The van der Waals surface area contributed by atoms with Crippen molar-refractivity contribution in [3.05, 3.63) is 48.5 Å². The zero-order valence-corrected chi connectivity index (χ0v) is 31.4. The average Bonchev–Trinajstić information content (AvgIpc) is 3.11. The predicted molar refractivity (Wildman–Crippen MR) is 202 cm³/mol. The van der Waals surface area contributed by atoms with Crippen molar-refractivity contribution in [1.82, 2.24) is 0 Å². The third kappa shape index (κ3) is 10.3. The van der Waals surface area contributed by atoms with Crippen LogP contribution in [0.15, 0.2) is 58.3 Å². The first-order chi connectivity index (χ1) is 22.4. The van der Waals surface area contributed by atoms with Gasteiger partial charge in [-0.1, -0.05) is 152 Å². The third-order valence-corrected chi connectivity index (χ3v) is 13.2. The highest BCUT2D eigenvalue weighted by Crippen LogP contribution is 2.48. The van der Waals surface area contributed by atoms with Gasteiger partial charge >= 0.3 is 0 Å². The topological polar surface area (TPSA) is 58.2 Å². The molecule has 2 saturated carbocycles. The van der Waals surface area contributed by atoms with Crippen molar-refractivity contribution in [2.24, 2.45) is 22.7 Å². The molecule has 2 aromatic rings. The number of carbonyl (C=O) groups is 2. The summed E-state index contributed by atoms with van der Waals surface area (Å²) in [5.74, 6) is 1.58. The van der Waals surface area contributed by atoms with E-state index in [1.165, 1.54) is 12.8 Å². The molecule has 0 unspecified atom stereocenters. The van der Waals surface area contributed by atoms with Gasteiger partial charge in [0.1, 0.15) is 0 Å². The lowest BCUT2D eigenvalue weighted by Gasteiger charge is -2.38. The summed E-state index contributed by atoms with van der Waals surface area (Å²) < 4.78 is 0. The standard InChI is InChI=1S/C38H56N2O2S2.C2H6/c1-5-29(6-2)27-37(23-15-9-16-24-37)35(41)39-31-19-11-13-21-33(31)43-44-34-22-14-12-20-32(34)40-36(42)38(25-17-10-18-26-38)28-30(7-3)8-4;1-2/h11-14,19-22,29-30H,5-10,15-18,23-28H2,1-4H3,(H,39,41)(H,40,42);1-2H3. The van der Waals surface area contributed by atoms with Gasteiger partial charge in [-0.3, -0.25) is 9.59 Å². The van der Waals surface area contributed by atoms with E-state index >= 15 is 0 Å². The molecule has 0 atom stereocenters. The van der Waals surface area contributed by atoms with Crippen molar-refractivity contribution < 1.29 is 9.59 Å². The highest BCUT2D eigenvalue weighted by Gasteiger charge is 2.42. The van der Waals surface area contributed by atoms with Crippen LogP contribution in [-0.4, -0.2) is 11.8 Å². The summed E-state index contributed by atoms with van der Waals surface area (Å²) in [5.41, 5.74) is 1.25. The second-order valence-electron chi connectivity index (χ2n) is 13.5. The largest absolute Gasteiger partial charge is 0.325 e. The Kier molecular flexibility index (Phi) is 16.6. The third-order valence-electron chi connectivity index (χ3n) is 10.7. The molecule has 0 saturated heterocycles. The van der Waals surface area contributed by atoms with Crippen LogP contribution >= 0.6 is 21.6 Å². The van der Waals surface area contributed by atoms with Crippen LogP contribution in [0.1, 0.15) is 144 Å². The van der Waals surface area contributed by atoms with E-state index < -0.39 is 0 Å². The van der Waals surface area contributed by atoms with Gasteiger partial charge in [0.2, 0.25) is 11.8 Å². The van der Waals surface area contributed by atoms with Crippen LogP contribution in [0.2, 0.25) is 0 Å². The Balaban J connectivity index is 0.00000282. The van der Waals surface area contributed by atoms with Gasteiger partial charge in [0, 0.05) is 20.6 Å². The molecule has 0 aromatic heterocycles. The van der Waals surface area contributed by atoms with Crippen molar-refractivity contribution >= 4 is 44.8 Å². The number of nitrogens with one attached hydrogen (secondary N) is 2. The van der Waals surface area contributed by atoms with Gasteiger partial charge in [0.05, 0.1) is 11.4 Å². The molecule has 46 heavy (non-hydrogen) atoms. The normalized spacial score (nSPS) is 17.2. The molecule has 2 fully saturated rings. The molecular formula is C40H62N2O2S2. The second kappa shape index (κ2) is 19.8. The molecule has 6 heteroatoms. The van der Waals surface area contributed by atoms with E-state index in [0.717, 1.165) is 111 Å². The smallest absolute Gasteiger partial charge is 0.230 e. The minimum Gasteiger partial charge on any atom is -0.325 e. The summed E-state index contributed by atoms with van der Waals surface area (Å²) in [4.78, 5) is 30.0. The van der Waals surface area contributed by atoms with Gasteiger partial charge in [0.25, 0.3) is 0 Å². The Morgan fingerprint density at radius 3 is 1.24 bits per heavy atom. The summed E-state index contributed by atoms with van der Waals surface area (Å²) in [6.45, 7) is 13.0. The summed E-state index contributed by atoms with van der Waals surface area (Å²) >= 11 is 0. The Labute approximate surface area is 289 Å². The summed E-state index contributed by atoms with van der Waals surface area (Å²) in [7, 11) is 3.31. The molecule has 4 rings (SSSR count). The zero-order valence-electron chi connectivity index (χ0n) is 29.7. The van der Waals surface area contributed by atoms with E-state index in [0.29, 0.717) is 11.8 Å². The van der Waals surface area contributed by atoms with E-state index in [4.69, 9.17) is 0 Å². The Hall–Kier alpha value is -1.92. The fourth-order valence-corrected chi connectivity index (χ4v) is 9.93. The van der Waals surface area contributed by atoms with E-state index in [1.54, 1.807) is 21.6 Å². The molecule has 4 nitrogen and oxygen atoms in total. The van der Waals surface area contributed by atoms with Gasteiger partial charge in [-0.05, 0) is 74.6 Å². The van der Waals surface area contributed by atoms with E-state index in [-0.39, 0.29) is 22.6 Å². The van der Waals surface area contributed by atoms with E-state index in [9.17, 15) is 9.59 Å².